The Kier molecular flexibility index (Phi) is 4.15. The number of hydrogen-bond donors (Lipinski definition) is 1. The summed E-state index contributed by atoms with van der Waals surface area (Å²) >= 11 is 0. The van der Waals surface area contributed by atoms with Crippen LogP contribution in [0.3, 0.4) is 0 Å². The zero-order chi connectivity index (χ0) is 13.0. The molecule has 0 bridgehead atoms. The van der Waals surface area contributed by atoms with Crippen molar-refractivity contribution in [2.45, 2.75) is 39.7 Å². The molecule has 0 saturated carbocycles. The normalized spacial score (nSPS) is 10.8. The Labute approximate surface area is 109 Å². The maximum absolute atomic E-state index is 5.67. The average Bonchev–Trinajstić information content (AvgIpc) is 2.78. The Hall–Kier alpha value is -1.61. The van der Waals surface area contributed by atoms with Gasteiger partial charge in [0.25, 0.3) is 0 Å². The summed E-state index contributed by atoms with van der Waals surface area (Å²) in [6, 6.07) is 8.61. The van der Waals surface area contributed by atoms with Gasteiger partial charge in [-0.05, 0) is 37.5 Å². The quantitative estimate of drug-likeness (QED) is 0.877. The predicted molar refractivity (Wildman–Crippen MR) is 74.8 cm³/mol. The third-order valence-corrected chi connectivity index (χ3v) is 3.24. The van der Waals surface area contributed by atoms with Gasteiger partial charge in [-0.15, -0.1) is 0 Å². The lowest BCUT2D eigenvalue weighted by Crippen LogP contribution is -1.96. The standard InChI is InChI=1S/C15H21N3/c1-3-4-5-13-6-8-15(9-7-13)18-11-14(10-16)12(2)17-18/h6-9,11H,3-5,10,16H2,1-2H3. The Bertz CT molecular complexity index is 497. The molecule has 3 heteroatoms. The lowest BCUT2D eigenvalue weighted by Gasteiger charge is -2.03. The minimum Gasteiger partial charge on any atom is -0.326 e. The Morgan fingerprint density at radius 1 is 1.22 bits per heavy atom. The smallest absolute Gasteiger partial charge is 0.0645 e. The fraction of sp³-hybridized carbons (Fsp3) is 0.400. The van der Waals surface area contributed by atoms with Gasteiger partial charge in [0.2, 0.25) is 0 Å². The summed E-state index contributed by atoms with van der Waals surface area (Å²) < 4.78 is 1.90. The predicted octanol–water partition coefficient (Wildman–Crippen LogP) is 2.98. The van der Waals surface area contributed by atoms with Crippen LogP contribution < -0.4 is 5.73 Å². The molecule has 0 fully saturated rings. The Morgan fingerprint density at radius 2 is 1.94 bits per heavy atom. The van der Waals surface area contributed by atoms with Crippen LogP contribution in [-0.4, -0.2) is 9.78 Å². The van der Waals surface area contributed by atoms with Crippen LogP contribution in [0, 0.1) is 6.92 Å². The minimum atomic E-state index is 0.542. The molecule has 0 spiro atoms. The first-order valence-corrected chi connectivity index (χ1v) is 6.59. The van der Waals surface area contributed by atoms with E-state index in [4.69, 9.17) is 5.73 Å². The molecule has 0 unspecified atom stereocenters. The molecule has 3 nitrogen and oxygen atoms in total. The van der Waals surface area contributed by atoms with Crippen LogP contribution in [0.15, 0.2) is 30.5 Å². The highest BCUT2D eigenvalue weighted by atomic mass is 15.3. The van der Waals surface area contributed by atoms with Gasteiger partial charge < -0.3 is 5.73 Å². The van der Waals surface area contributed by atoms with E-state index in [1.807, 2.05) is 17.8 Å². The molecule has 18 heavy (non-hydrogen) atoms. The first-order chi connectivity index (χ1) is 8.74. The number of benzene rings is 1. The molecule has 2 rings (SSSR count). The third kappa shape index (κ3) is 2.79. The van der Waals surface area contributed by atoms with Crippen molar-refractivity contribution in [2.75, 3.05) is 0 Å². The van der Waals surface area contributed by atoms with Crippen LogP contribution in [-0.2, 0) is 13.0 Å². The molecule has 1 aromatic carbocycles. The van der Waals surface area contributed by atoms with E-state index in [1.54, 1.807) is 0 Å². The van der Waals surface area contributed by atoms with Crippen molar-refractivity contribution >= 4 is 0 Å². The van der Waals surface area contributed by atoms with Crippen molar-refractivity contribution in [3.8, 4) is 5.69 Å². The van der Waals surface area contributed by atoms with Crippen molar-refractivity contribution in [3.63, 3.8) is 0 Å². The topological polar surface area (TPSA) is 43.8 Å². The molecule has 0 aliphatic carbocycles. The van der Waals surface area contributed by atoms with Crippen molar-refractivity contribution in [3.05, 3.63) is 47.3 Å². The summed E-state index contributed by atoms with van der Waals surface area (Å²) in [7, 11) is 0. The Balaban J connectivity index is 2.17. The highest BCUT2D eigenvalue weighted by Crippen LogP contribution is 2.13. The molecule has 0 atom stereocenters. The lowest BCUT2D eigenvalue weighted by atomic mass is 10.1. The van der Waals surface area contributed by atoms with Crippen molar-refractivity contribution in [2.24, 2.45) is 5.73 Å². The number of rotatable bonds is 5. The number of nitrogens with zero attached hydrogens (tertiary/aromatic N) is 2. The molecule has 96 valence electrons. The summed E-state index contributed by atoms with van der Waals surface area (Å²) in [6.45, 7) is 4.75. The van der Waals surface area contributed by atoms with E-state index in [1.165, 1.54) is 18.4 Å². The summed E-state index contributed by atoms with van der Waals surface area (Å²) in [4.78, 5) is 0. The van der Waals surface area contributed by atoms with Crippen LogP contribution in [0.1, 0.15) is 36.6 Å². The van der Waals surface area contributed by atoms with Crippen molar-refractivity contribution < 1.29 is 0 Å². The second-order valence-electron chi connectivity index (χ2n) is 4.66. The molecule has 0 aliphatic heterocycles. The van der Waals surface area contributed by atoms with Gasteiger partial charge in [0.05, 0.1) is 11.4 Å². The minimum absolute atomic E-state index is 0.542. The van der Waals surface area contributed by atoms with E-state index in [0.717, 1.165) is 23.4 Å². The van der Waals surface area contributed by atoms with Gasteiger partial charge in [-0.1, -0.05) is 25.5 Å². The zero-order valence-electron chi connectivity index (χ0n) is 11.2. The van der Waals surface area contributed by atoms with Gasteiger partial charge >= 0.3 is 0 Å². The average molecular weight is 243 g/mol. The summed E-state index contributed by atoms with van der Waals surface area (Å²) in [6.07, 6.45) is 5.65. The van der Waals surface area contributed by atoms with E-state index in [0.29, 0.717) is 6.54 Å². The summed E-state index contributed by atoms with van der Waals surface area (Å²) in [5.74, 6) is 0. The van der Waals surface area contributed by atoms with Crippen LogP contribution in [0.2, 0.25) is 0 Å². The summed E-state index contributed by atoms with van der Waals surface area (Å²) in [5, 5.41) is 4.48. The molecule has 0 radical (unpaired) electrons. The fourth-order valence-corrected chi connectivity index (χ4v) is 2.02. The molecule has 1 heterocycles. The van der Waals surface area contributed by atoms with E-state index in [9.17, 15) is 0 Å². The van der Waals surface area contributed by atoms with Crippen LogP contribution in [0.5, 0.6) is 0 Å². The van der Waals surface area contributed by atoms with Crippen LogP contribution in [0.25, 0.3) is 5.69 Å². The fourth-order valence-electron chi connectivity index (χ4n) is 2.02. The second kappa shape index (κ2) is 5.83. The van der Waals surface area contributed by atoms with E-state index in [2.05, 4.69) is 36.3 Å². The van der Waals surface area contributed by atoms with Crippen molar-refractivity contribution in [1.82, 2.24) is 9.78 Å². The molecular formula is C15H21N3. The molecule has 2 N–H and O–H groups in total. The van der Waals surface area contributed by atoms with Crippen molar-refractivity contribution in [1.29, 1.82) is 0 Å². The number of unbranched alkanes of at least 4 members (excludes halogenated alkanes) is 1. The first kappa shape index (κ1) is 12.8. The van der Waals surface area contributed by atoms with Gasteiger partial charge in [-0.25, -0.2) is 4.68 Å². The van der Waals surface area contributed by atoms with Gasteiger partial charge in [0.1, 0.15) is 0 Å². The number of aromatic nitrogens is 2. The van der Waals surface area contributed by atoms with Crippen LogP contribution >= 0.6 is 0 Å². The Morgan fingerprint density at radius 3 is 2.50 bits per heavy atom. The SMILES string of the molecule is CCCCc1ccc(-n2cc(CN)c(C)n2)cc1. The van der Waals surface area contributed by atoms with E-state index < -0.39 is 0 Å². The van der Waals surface area contributed by atoms with Gasteiger partial charge in [-0.3, -0.25) is 0 Å². The zero-order valence-corrected chi connectivity index (χ0v) is 11.2. The first-order valence-electron chi connectivity index (χ1n) is 6.59. The molecular weight excluding hydrogens is 222 g/mol. The van der Waals surface area contributed by atoms with E-state index >= 15 is 0 Å². The monoisotopic (exact) mass is 243 g/mol. The molecule has 0 saturated heterocycles. The largest absolute Gasteiger partial charge is 0.326 e. The van der Waals surface area contributed by atoms with Gasteiger partial charge in [0.15, 0.2) is 0 Å². The maximum Gasteiger partial charge on any atom is 0.0645 e. The molecule has 2 aromatic rings. The van der Waals surface area contributed by atoms with Gasteiger partial charge in [0, 0.05) is 18.3 Å². The van der Waals surface area contributed by atoms with Gasteiger partial charge in [-0.2, -0.15) is 5.10 Å². The highest BCUT2D eigenvalue weighted by molar-refractivity contribution is 5.35. The molecule has 0 aliphatic rings. The summed E-state index contributed by atoms with van der Waals surface area (Å²) in [5.41, 5.74) is 10.3. The maximum atomic E-state index is 5.67. The molecule has 0 amide bonds. The number of nitrogens with two attached hydrogens (primary N) is 1. The van der Waals surface area contributed by atoms with Crippen LogP contribution in [0.4, 0.5) is 0 Å². The third-order valence-electron chi connectivity index (χ3n) is 3.24. The van der Waals surface area contributed by atoms with E-state index in [-0.39, 0.29) is 0 Å². The second-order valence-corrected chi connectivity index (χ2v) is 4.66. The number of hydrogen-bond acceptors (Lipinski definition) is 2. The molecule has 1 aromatic heterocycles. The lowest BCUT2D eigenvalue weighted by molar-refractivity contribution is 0.793. The highest BCUT2D eigenvalue weighted by Gasteiger charge is 2.04. The number of aryl methyl sites for hydroxylation is 2.